The van der Waals surface area contributed by atoms with Gasteiger partial charge >= 0.3 is 0 Å². The van der Waals surface area contributed by atoms with Crippen LogP contribution in [0.25, 0.3) is 6.08 Å². The molecule has 5 nitrogen and oxygen atoms in total. The molecular formula is C17H16O5. The molecule has 0 saturated carbocycles. The van der Waals surface area contributed by atoms with Crippen LogP contribution in [0.2, 0.25) is 0 Å². The van der Waals surface area contributed by atoms with Gasteiger partial charge in [0, 0.05) is 6.07 Å². The summed E-state index contributed by atoms with van der Waals surface area (Å²) >= 11 is 0. The predicted octanol–water partition coefficient (Wildman–Crippen LogP) is 3.01. The molecule has 0 amide bonds. The zero-order chi connectivity index (χ0) is 16.1. The van der Waals surface area contributed by atoms with E-state index >= 15 is 0 Å². The third-order valence-electron chi connectivity index (χ3n) is 3.10. The van der Waals surface area contributed by atoms with Crippen molar-refractivity contribution in [3.63, 3.8) is 0 Å². The lowest BCUT2D eigenvalue weighted by Crippen LogP contribution is -2.00. The molecule has 0 unspecified atom stereocenters. The van der Waals surface area contributed by atoms with Gasteiger partial charge in [0.15, 0.2) is 17.3 Å². The number of allylic oxidation sites excluding steroid dienone is 1. The van der Waals surface area contributed by atoms with Crippen LogP contribution < -0.4 is 9.47 Å². The van der Waals surface area contributed by atoms with Gasteiger partial charge in [-0.25, -0.2) is 0 Å². The monoisotopic (exact) mass is 300 g/mol. The maximum Gasteiger partial charge on any atom is 0.204 e. The maximum absolute atomic E-state index is 12.2. The number of hydrogen-bond donors (Lipinski definition) is 2. The van der Waals surface area contributed by atoms with E-state index < -0.39 is 11.5 Å². The van der Waals surface area contributed by atoms with E-state index in [2.05, 4.69) is 0 Å². The van der Waals surface area contributed by atoms with Crippen molar-refractivity contribution in [2.45, 2.75) is 0 Å². The van der Waals surface area contributed by atoms with Crippen molar-refractivity contribution in [2.75, 3.05) is 14.2 Å². The minimum absolute atomic E-state index is 0.00300. The summed E-state index contributed by atoms with van der Waals surface area (Å²) in [4.78, 5) is 12.2. The highest BCUT2D eigenvalue weighted by molar-refractivity contribution is 6.11. The molecular weight excluding hydrogens is 284 g/mol. The predicted molar refractivity (Wildman–Crippen MR) is 82.7 cm³/mol. The third-order valence-corrected chi connectivity index (χ3v) is 3.10. The van der Waals surface area contributed by atoms with Crippen LogP contribution in [0.15, 0.2) is 42.5 Å². The standard InChI is InChI=1S/C17H16O5/c1-21-14-10-13(19)15(16(20)17(14)22-2)12(18)9-8-11-6-4-3-5-7-11/h3-10,19-20H,1-2H3. The molecule has 2 aromatic carbocycles. The summed E-state index contributed by atoms with van der Waals surface area (Å²) in [6, 6.07) is 10.4. The fourth-order valence-corrected chi connectivity index (χ4v) is 2.02. The van der Waals surface area contributed by atoms with Crippen LogP contribution in [-0.4, -0.2) is 30.2 Å². The Balaban J connectivity index is 2.40. The van der Waals surface area contributed by atoms with Crippen LogP contribution >= 0.6 is 0 Å². The number of phenols is 2. The molecule has 114 valence electrons. The summed E-state index contributed by atoms with van der Waals surface area (Å²) in [5.74, 6) is -1.24. The number of phenolic OH excluding ortho intramolecular Hbond substituents is 2. The minimum Gasteiger partial charge on any atom is -0.507 e. The number of ketones is 1. The Morgan fingerprint density at radius 2 is 1.77 bits per heavy atom. The molecule has 0 aromatic heterocycles. The molecule has 2 N–H and O–H groups in total. The number of carbonyl (C=O) groups excluding carboxylic acids is 1. The van der Waals surface area contributed by atoms with Gasteiger partial charge in [-0.2, -0.15) is 0 Å². The largest absolute Gasteiger partial charge is 0.507 e. The summed E-state index contributed by atoms with van der Waals surface area (Å²) in [6.45, 7) is 0. The summed E-state index contributed by atoms with van der Waals surface area (Å²) in [5, 5.41) is 20.1. The molecule has 0 radical (unpaired) electrons. The number of carbonyl (C=O) groups is 1. The van der Waals surface area contributed by atoms with Gasteiger partial charge in [0.05, 0.1) is 14.2 Å². The van der Waals surface area contributed by atoms with E-state index in [0.29, 0.717) is 0 Å². The second-order valence-electron chi connectivity index (χ2n) is 4.46. The van der Waals surface area contributed by atoms with Crippen molar-refractivity contribution in [3.8, 4) is 23.0 Å². The Hall–Kier alpha value is -2.95. The molecule has 0 fully saturated rings. The van der Waals surface area contributed by atoms with Gasteiger partial charge in [0.2, 0.25) is 5.75 Å². The highest BCUT2D eigenvalue weighted by atomic mass is 16.5. The fraction of sp³-hybridized carbons (Fsp3) is 0.118. The molecule has 0 atom stereocenters. The number of rotatable bonds is 5. The summed E-state index contributed by atoms with van der Waals surface area (Å²) in [6.07, 6.45) is 2.87. The van der Waals surface area contributed by atoms with E-state index in [0.717, 1.165) is 5.56 Å². The first-order valence-corrected chi connectivity index (χ1v) is 6.52. The van der Waals surface area contributed by atoms with Gasteiger partial charge in [-0.3, -0.25) is 4.79 Å². The zero-order valence-electron chi connectivity index (χ0n) is 12.2. The number of ether oxygens (including phenoxy) is 2. The highest BCUT2D eigenvalue weighted by Gasteiger charge is 2.22. The fourth-order valence-electron chi connectivity index (χ4n) is 2.02. The maximum atomic E-state index is 12.2. The van der Waals surface area contributed by atoms with E-state index in [1.165, 1.54) is 26.4 Å². The Morgan fingerprint density at radius 1 is 1.09 bits per heavy atom. The second-order valence-corrected chi connectivity index (χ2v) is 4.46. The number of methoxy groups -OCH3 is 2. The average Bonchev–Trinajstić information content (AvgIpc) is 2.53. The quantitative estimate of drug-likeness (QED) is 0.655. The lowest BCUT2D eigenvalue weighted by molar-refractivity contribution is 0.104. The first-order valence-electron chi connectivity index (χ1n) is 6.52. The minimum atomic E-state index is -0.542. The van der Waals surface area contributed by atoms with Gasteiger partial charge in [0.1, 0.15) is 11.3 Å². The molecule has 22 heavy (non-hydrogen) atoms. The van der Waals surface area contributed by atoms with Gasteiger partial charge in [-0.05, 0) is 11.6 Å². The second kappa shape index (κ2) is 6.67. The molecule has 0 spiro atoms. The van der Waals surface area contributed by atoms with Crippen LogP contribution in [0.5, 0.6) is 23.0 Å². The molecule has 0 aliphatic heterocycles. The van der Waals surface area contributed by atoms with Crippen LogP contribution in [0.3, 0.4) is 0 Å². The van der Waals surface area contributed by atoms with Gasteiger partial charge < -0.3 is 19.7 Å². The van der Waals surface area contributed by atoms with Crippen molar-refractivity contribution >= 4 is 11.9 Å². The average molecular weight is 300 g/mol. The van der Waals surface area contributed by atoms with Crippen molar-refractivity contribution in [1.82, 2.24) is 0 Å². The molecule has 5 heteroatoms. The zero-order valence-corrected chi connectivity index (χ0v) is 12.2. The number of hydrogen-bond acceptors (Lipinski definition) is 5. The first kappa shape index (κ1) is 15.4. The Labute approximate surface area is 128 Å². The Morgan fingerprint density at radius 3 is 2.36 bits per heavy atom. The van der Waals surface area contributed by atoms with E-state index in [1.807, 2.05) is 30.3 Å². The topological polar surface area (TPSA) is 76.0 Å². The first-order chi connectivity index (χ1) is 10.6. The smallest absolute Gasteiger partial charge is 0.204 e. The highest BCUT2D eigenvalue weighted by Crippen LogP contribution is 2.44. The van der Waals surface area contributed by atoms with E-state index in [9.17, 15) is 15.0 Å². The molecule has 0 bridgehead atoms. The van der Waals surface area contributed by atoms with Gasteiger partial charge in [-0.15, -0.1) is 0 Å². The lowest BCUT2D eigenvalue weighted by Gasteiger charge is -2.13. The SMILES string of the molecule is COc1cc(O)c(C(=O)C=Cc2ccccc2)c(O)c1OC. The van der Waals surface area contributed by atoms with Crippen molar-refractivity contribution in [3.05, 3.63) is 53.6 Å². The summed E-state index contributed by atoms with van der Waals surface area (Å²) in [5.41, 5.74) is 0.597. The molecule has 2 aromatic rings. The van der Waals surface area contributed by atoms with E-state index in [1.54, 1.807) is 6.08 Å². The number of aromatic hydroxyl groups is 2. The van der Waals surface area contributed by atoms with Gasteiger partial charge in [-0.1, -0.05) is 36.4 Å². The Kier molecular flexibility index (Phi) is 4.68. The van der Waals surface area contributed by atoms with Crippen molar-refractivity contribution in [2.24, 2.45) is 0 Å². The Bertz CT molecular complexity index is 705. The van der Waals surface area contributed by atoms with Crippen LogP contribution in [-0.2, 0) is 0 Å². The summed E-state index contributed by atoms with van der Waals surface area (Å²) in [7, 11) is 2.70. The summed E-state index contributed by atoms with van der Waals surface area (Å²) < 4.78 is 10.0. The van der Waals surface area contributed by atoms with Crippen LogP contribution in [0, 0.1) is 0 Å². The van der Waals surface area contributed by atoms with Gasteiger partial charge in [0.25, 0.3) is 0 Å². The molecule has 0 aliphatic rings. The van der Waals surface area contributed by atoms with Crippen molar-refractivity contribution in [1.29, 1.82) is 0 Å². The van der Waals surface area contributed by atoms with E-state index in [-0.39, 0.29) is 22.8 Å². The molecule has 2 rings (SSSR count). The third kappa shape index (κ3) is 3.03. The van der Waals surface area contributed by atoms with Crippen LogP contribution in [0.1, 0.15) is 15.9 Å². The van der Waals surface area contributed by atoms with Crippen molar-refractivity contribution < 1.29 is 24.5 Å². The molecule has 0 aliphatic carbocycles. The van der Waals surface area contributed by atoms with Crippen LogP contribution in [0.4, 0.5) is 0 Å². The van der Waals surface area contributed by atoms with E-state index in [4.69, 9.17) is 9.47 Å². The lowest BCUT2D eigenvalue weighted by atomic mass is 10.1. The normalized spacial score (nSPS) is 10.6. The molecule has 0 heterocycles. The number of benzene rings is 2. The molecule has 0 saturated heterocycles.